The lowest BCUT2D eigenvalue weighted by molar-refractivity contribution is 0.354. The third-order valence-corrected chi connectivity index (χ3v) is 2.70. The lowest BCUT2D eigenvalue weighted by Crippen LogP contribution is -2.13. The topological polar surface area (TPSA) is 107 Å². The van der Waals surface area contributed by atoms with Crippen LogP contribution in [0.4, 0.5) is 0 Å². The molecule has 1 unspecified atom stereocenters. The van der Waals surface area contributed by atoms with Crippen LogP contribution in [-0.4, -0.2) is 25.6 Å². The molecular weight excluding hydrogens is 244 g/mol. The van der Waals surface area contributed by atoms with Gasteiger partial charge in [-0.25, -0.2) is 0 Å². The number of hydrogen-bond acceptors (Lipinski definition) is 6. The number of aromatic amines is 1. The Labute approximate surface area is 108 Å². The van der Waals surface area contributed by atoms with E-state index in [4.69, 9.17) is 10.3 Å². The Balaban J connectivity index is 1.76. The van der Waals surface area contributed by atoms with E-state index in [0.717, 1.165) is 5.56 Å². The molecule has 2 heterocycles. The minimum absolute atomic E-state index is 0.337. The molecule has 0 aliphatic carbocycles. The molecule has 0 radical (unpaired) electrons. The van der Waals surface area contributed by atoms with E-state index >= 15 is 0 Å². The van der Waals surface area contributed by atoms with Crippen LogP contribution in [0.2, 0.25) is 0 Å². The average Bonchev–Trinajstić information content (AvgIpc) is 3.11. The summed E-state index contributed by atoms with van der Waals surface area (Å²) in [6.45, 7) is 0. The van der Waals surface area contributed by atoms with Crippen LogP contribution in [0.5, 0.6) is 0 Å². The van der Waals surface area contributed by atoms with Crippen molar-refractivity contribution in [2.24, 2.45) is 5.73 Å². The van der Waals surface area contributed by atoms with Crippen LogP contribution in [0.25, 0.3) is 11.5 Å². The molecule has 0 amide bonds. The highest BCUT2D eigenvalue weighted by Crippen LogP contribution is 2.17. The van der Waals surface area contributed by atoms with E-state index in [1.54, 1.807) is 0 Å². The first kappa shape index (κ1) is 11.5. The van der Waals surface area contributed by atoms with E-state index in [9.17, 15) is 0 Å². The summed E-state index contributed by atoms with van der Waals surface area (Å²) in [7, 11) is 0. The monoisotopic (exact) mass is 256 g/mol. The van der Waals surface area contributed by atoms with Gasteiger partial charge < -0.3 is 10.3 Å². The number of aromatic nitrogens is 5. The zero-order valence-corrected chi connectivity index (χ0v) is 10.0. The Morgan fingerprint density at radius 1 is 1.26 bits per heavy atom. The highest BCUT2D eigenvalue weighted by atomic mass is 16.5. The predicted molar refractivity (Wildman–Crippen MR) is 66.7 cm³/mol. The van der Waals surface area contributed by atoms with Gasteiger partial charge in [0.15, 0.2) is 5.69 Å². The molecule has 0 saturated heterocycles. The van der Waals surface area contributed by atoms with Gasteiger partial charge in [0.1, 0.15) is 0 Å². The number of nitrogens with one attached hydrogen (secondary N) is 1. The molecule has 7 heteroatoms. The smallest absolute Gasteiger partial charge is 0.244 e. The van der Waals surface area contributed by atoms with Gasteiger partial charge in [0.05, 0.1) is 12.2 Å². The number of H-pyrrole nitrogens is 1. The Bertz CT molecular complexity index is 633. The molecule has 0 fully saturated rings. The molecular formula is C12H12N6O. The Hall–Kier alpha value is -2.54. The number of nitrogens with zero attached hydrogens (tertiary/aromatic N) is 4. The van der Waals surface area contributed by atoms with Crippen LogP contribution < -0.4 is 5.73 Å². The molecule has 19 heavy (non-hydrogen) atoms. The van der Waals surface area contributed by atoms with Crippen molar-refractivity contribution in [3.63, 3.8) is 0 Å². The molecule has 3 aromatic rings. The third kappa shape index (κ3) is 2.50. The molecule has 1 aromatic carbocycles. The molecule has 3 N–H and O–H groups in total. The molecule has 0 spiro atoms. The maximum Gasteiger partial charge on any atom is 0.244 e. The van der Waals surface area contributed by atoms with E-state index in [1.165, 1.54) is 6.20 Å². The Morgan fingerprint density at radius 2 is 2.11 bits per heavy atom. The van der Waals surface area contributed by atoms with Crippen molar-refractivity contribution in [2.45, 2.75) is 12.5 Å². The maximum absolute atomic E-state index is 6.05. The molecule has 0 aliphatic rings. The largest absolute Gasteiger partial charge is 0.337 e. The quantitative estimate of drug-likeness (QED) is 0.723. The predicted octanol–water partition coefficient (Wildman–Crippen LogP) is 1.10. The zero-order valence-electron chi connectivity index (χ0n) is 10.0. The van der Waals surface area contributed by atoms with Gasteiger partial charge in [-0.1, -0.05) is 35.5 Å². The highest BCUT2D eigenvalue weighted by Gasteiger charge is 2.17. The van der Waals surface area contributed by atoms with Crippen molar-refractivity contribution < 1.29 is 4.52 Å². The summed E-state index contributed by atoms with van der Waals surface area (Å²) in [5, 5.41) is 13.9. The summed E-state index contributed by atoms with van der Waals surface area (Å²) in [4.78, 5) is 4.22. The van der Waals surface area contributed by atoms with Gasteiger partial charge in [-0.05, 0) is 12.0 Å². The number of benzene rings is 1. The van der Waals surface area contributed by atoms with Crippen LogP contribution in [0.3, 0.4) is 0 Å². The minimum atomic E-state index is -0.337. The van der Waals surface area contributed by atoms with Gasteiger partial charge in [-0.15, -0.1) is 0 Å². The van der Waals surface area contributed by atoms with Crippen LogP contribution in [0, 0.1) is 0 Å². The Morgan fingerprint density at radius 3 is 2.84 bits per heavy atom. The van der Waals surface area contributed by atoms with Gasteiger partial charge in [-0.3, -0.25) is 0 Å². The fraction of sp³-hybridized carbons (Fsp3) is 0.167. The normalized spacial score (nSPS) is 12.5. The SMILES string of the molecule is NC(Cc1ccccc1)c1nc(-c2cn[nH]n2)no1. The summed E-state index contributed by atoms with van der Waals surface area (Å²) in [6, 6.07) is 9.58. The second kappa shape index (κ2) is 4.99. The van der Waals surface area contributed by atoms with Crippen molar-refractivity contribution in [3.05, 3.63) is 48.0 Å². The zero-order chi connectivity index (χ0) is 13.1. The molecule has 1 atom stereocenters. The fourth-order valence-corrected chi connectivity index (χ4v) is 1.75. The third-order valence-electron chi connectivity index (χ3n) is 2.70. The first-order valence-corrected chi connectivity index (χ1v) is 5.82. The van der Waals surface area contributed by atoms with Gasteiger partial charge >= 0.3 is 0 Å². The second-order valence-corrected chi connectivity index (χ2v) is 4.11. The highest BCUT2D eigenvalue weighted by molar-refractivity contribution is 5.44. The summed E-state index contributed by atoms with van der Waals surface area (Å²) >= 11 is 0. The number of rotatable bonds is 4. The van der Waals surface area contributed by atoms with E-state index in [1.807, 2.05) is 30.3 Å². The van der Waals surface area contributed by atoms with E-state index < -0.39 is 0 Å². The fourth-order valence-electron chi connectivity index (χ4n) is 1.75. The molecule has 3 rings (SSSR count). The van der Waals surface area contributed by atoms with Crippen LogP contribution in [0.15, 0.2) is 41.1 Å². The molecule has 0 bridgehead atoms. The van der Waals surface area contributed by atoms with Crippen molar-refractivity contribution in [1.82, 2.24) is 25.6 Å². The molecule has 0 aliphatic heterocycles. The van der Waals surface area contributed by atoms with Gasteiger partial charge in [0, 0.05) is 0 Å². The first-order chi connectivity index (χ1) is 9.33. The van der Waals surface area contributed by atoms with Crippen molar-refractivity contribution in [1.29, 1.82) is 0 Å². The van der Waals surface area contributed by atoms with Gasteiger partial charge in [0.25, 0.3) is 0 Å². The maximum atomic E-state index is 6.05. The number of hydrogen-bond donors (Lipinski definition) is 2. The molecule has 7 nitrogen and oxygen atoms in total. The van der Waals surface area contributed by atoms with Crippen molar-refractivity contribution in [2.75, 3.05) is 0 Å². The van der Waals surface area contributed by atoms with Gasteiger partial charge in [0.2, 0.25) is 11.7 Å². The standard InChI is InChI=1S/C12H12N6O/c13-9(6-8-4-2-1-3-5-8)12-15-11(17-19-12)10-7-14-18-16-10/h1-5,7,9H,6,13H2,(H,14,16,18). The molecule has 96 valence electrons. The Kier molecular flexibility index (Phi) is 3.03. The summed E-state index contributed by atoms with van der Waals surface area (Å²) in [6.07, 6.45) is 2.17. The average molecular weight is 256 g/mol. The van der Waals surface area contributed by atoms with Crippen molar-refractivity contribution >= 4 is 0 Å². The second-order valence-electron chi connectivity index (χ2n) is 4.11. The summed E-state index contributed by atoms with van der Waals surface area (Å²) < 4.78 is 5.15. The first-order valence-electron chi connectivity index (χ1n) is 5.82. The summed E-state index contributed by atoms with van der Waals surface area (Å²) in [5.41, 5.74) is 7.70. The van der Waals surface area contributed by atoms with Crippen LogP contribution >= 0.6 is 0 Å². The van der Waals surface area contributed by atoms with Gasteiger partial charge in [-0.2, -0.15) is 20.4 Å². The molecule has 2 aromatic heterocycles. The van der Waals surface area contributed by atoms with E-state index in [0.29, 0.717) is 23.8 Å². The van der Waals surface area contributed by atoms with Crippen molar-refractivity contribution in [3.8, 4) is 11.5 Å². The minimum Gasteiger partial charge on any atom is -0.337 e. The van der Waals surface area contributed by atoms with E-state index in [2.05, 4.69) is 25.6 Å². The van der Waals surface area contributed by atoms with E-state index in [-0.39, 0.29) is 6.04 Å². The van der Waals surface area contributed by atoms with Crippen LogP contribution in [0.1, 0.15) is 17.5 Å². The van der Waals surface area contributed by atoms with Crippen LogP contribution in [-0.2, 0) is 6.42 Å². The number of nitrogens with two attached hydrogens (primary N) is 1. The lowest BCUT2D eigenvalue weighted by atomic mass is 10.1. The lowest BCUT2D eigenvalue weighted by Gasteiger charge is -2.05. The molecule has 0 saturated carbocycles. The summed E-state index contributed by atoms with van der Waals surface area (Å²) in [5.74, 6) is 0.772.